The number of carboxylic acid groups (broad SMARTS) is 1. The Labute approximate surface area is 164 Å². The van der Waals surface area contributed by atoms with Crippen molar-refractivity contribution in [3.63, 3.8) is 0 Å². The number of amides is 1. The van der Waals surface area contributed by atoms with Crippen LogP contribution in [0.4, 0.5) is 0 Å². The van der Waals surface area contributed by atoms with Gasteiger partial charge in [-0.3, -0.25) is 14.6 Å². The number of carbonyl (C=O) groups excluding carboxylic acids is 1. The van der Waals surface area contributed by atoms with Crippen LogP contribution < -0.4 is 9.84 Å². The monoisotopic (exact) mass is 435 g/mol. The van der Waals surface area contributed by atoms with Crippen LogP contribution in [0.3, 0.4) is 0 Å². The summed E-state index contributed by atoms with van der Waals surface area (Å²) in [4.78, 5) is 41.0. The smallest absolute Gasteiger partial charge is 0.479 e. The number of nitrogens with one attached hydrogen (secondary N) is 1. The average Bonchev–Trinajstić information content (AvgIpc) is 2.62. The molecule has 0 unspecified atom stereocenters. The second-order valence-corrected chi connectivity index (χ2v) is 7.57. The van der Waals surface area contributed by atoms with Gasteiger partial charge in [-0.1, -0.05) is 18.2 Å². The molecule has 12 nitrogen and oxygen atoms in total. The largest absolute Gasteiger partial charge is 0.524 e. The second kappa shape index (κ2) is 9.63. The van der Waals surface area contributed by atoms with Crippen molar-refractivity contribution in [2.45, 2.75) is 43.4 Å². The number of phosphoric acid groups is 1. The molecule has 1 saturated heterocycles. The van der Waals surface area contributed by atoms with E-state index in [1.54, 1.807) is 6.07 Å². The number of phosphoric ester groups is 1. The van der Waals surface area contributed by atoms with Crippen LogP contribution >= 0.6 is 7.82 Å². The first kappa shape index (κ1) is 23.2. The molecule has 0 aliphatic carbocycles. The highest BCUT2D eigenvalue weighted by Gasteiger charge is 2.46. The minimum Gasteiger partial charge on any atom is -0.479 e. The Bertz CT molecular complexity index is 782. The van der Waals surface area contributed by atoms with Gasteiger partial charge >= 0.3 is 13.8 Å². The molecule has 1 amide bonds. The van der Waals surface area contributed by atoms with Gasteiger partial charge in [0.2, 0.25) is 5.91 Å². The van der Waals surface area contributed by atoms with E-state index in [4.69, 9.17) is 19.6 Å². The molecule has 162 valence electrons. The molecule has 1 aliphatic rings. The number of aliphatic carboxylic acids is 1. The van der Waals surface area contributed by atoms with E-state index in [2.05, 4.69) is 9.84 Å². The van der Waals surface area contributed by atoms with Gasteiger partial charge < -0.3 is 35.0 Å². The lowest BCUT2D eigenvalue weighted by atomic mass is 9.93. The molecule has 0 saturated carbocycles. The Morgan fingerprint density at radius 1 is 1.10 bits per heavy atom. The van der Waals surface area contributed by atoms with Crippen molar-refractivity contribution in [3.05, 3.63) is 29.8 Å². The van der Waals surface area contributed by atoms with E-state index >= 15 is 0 Å². The number of benzene rings is 1. The summed E-state index contributed by atoms with van der Waals surface area (Å²) in [5.74, 6) is -2.19. The van der Waals surface area contributed by atoms with Crippen molar-refractivity contribution < 1.29 is 53.6 Å². The van der Waals surface area contributed by atoms with Gasteiger partial charge in [-0.05, 0) is 12.5 Å². The van der Waals surface area contributed by atoms with Crippen molar-refractivity contribution >= 4 is 19.7 Å². The minimum absolute atomic E-state index is 0.0545. The third kappa shape index (κ3) is 6.47. The first-order valence-electron chi connectivity index (χ1n) is 8.52. The van der Waals surface area contributed by atoms with Crippen LogP contribution in [0.1, 0.15) is 12.0 Å². The van der Waals surface area contributed by atoms with Crippen molar-refractivity contribution in [2.75, 3.05) is 6.54 Å². The van der Waals surface area contributed by atoms with Gasteiger partial charge in [-0.25, -0.2) is 9.36 Å². The third-order valence-electron chi connectivity index (χ3n) is 4.25. The molecule has 1 heterocycles. The predicted molar refractivity (Wildman–Crippen MR) is 94.8 cm³/mol. The number of rotatable bonds is 8. The lowest BCUT2D eigenvalue weighted by Crippen LogP contribution is -2.60. The van der Waals surface area contributed by atoms with Crippen LogP contribution in [0.5, 0.6) is 5.75 Å². The number of aliphatic hydroxyl groups excluding tert-OH is 3. The van der Waals surface area contributed by atoms with Crippen LogP contribution in [0, 0.1) is 0 Å². The highest BCUT2D eigenvalue weighted by atomic mass is 31.2. The summed E-state index contributed by atoms with van der Waals surface area (Å²) in [6, 6.07) is 5.79. The normalized spacial score (nSPS) is 27.3. The number of hydrogen-bond acceptors (Lipinski definition) is 8. The lowest BCUT2D eigenvalue weighted by molar-refractivity contribution is -0.228. The molecule has 7 N–H and O–H groups in total. The second-order valence-electron chi connectivity index (χ2n) is 6.41. The van der Waals surface area contributed by atoms with Gasteiger partial charge in [0.1, 0.15) is 24.1 Å². The van der Waals surface area contributed by atoms with E-state index in [1.807, 2.05) is 0 Å². The highest BCUT2D eigenvalue weighted by molar-refractivity contribution is 7.46. The number of para-hydroxylation sites is 1. The van der Waals surface area contributed by atoms with Crippen molar-refractivity contribution in [2.24, 2.45) is 0 Å². The van der Waals surface area contributed by atoms with Crippen LogP contribution in [0.25, 0.3) is 0 Å². The van der Waals surface area contributed by atoms with Crippen molar-refractivity contribution in [1.29, 1.82) is 0 Å². The molecule has 1 aromatic carbocycles. The summed E-state index contributed by atoms with van der Waals surface area (Å²) >= 11 is 0. The van der Waals surface area contributed by atoms with E-state index in [0.717, 1.165) is 0 Å². The quantitative estimate of drug-likeness (QED) is 0.226. The molecular weight excluding hydrogens is 413 g/mol. The van der Waals surface area contributed by atoms with Crippen molar-refractivity contribution in [1.82, 2.24) is 5.32 Å². The van der Waals surface area contributed by atoms with E-state index in [0.29, 0.717) is 0 Å². The number of carboxylic acids is 1. The van der Waals surface area contributed by atoms with Gasteiger partial charge in [0.25, 0.3) is 0 Å². The number of carbonyl (C=O) groups is 2. The molecule has 29 heavy (non-hydrogen) atoms. The fourth-order valence-electron chi connectivity index (χ4n) is 2.85. The lowest BCUT2D eigenvalue weighted by Gasteiger charge is -2.38. The topological polar surface area (TPSA) is 203 Å². The zero-order valence-electron chi connectivity index (χ0n) is 15.0. The Balaban J connectivity index is 1.90. The SMILES string of the molecule is O=C(Cc1ccccc1OP(=O)(O)O)NCC[C@@H]1O[C@@H](C(=O)O)[C@@H](O)[C@H](O)[C@H]1O. The molecule has 1 aliphatic heterocycles. The number of aliphatic hydroxyl groups is 3. The maximum Gasteiger partial charge on any atom is 0.524 e. The maximum absolute atomic E-state index is 12.1. The van der Waals surface area contributed by atoms with Crippen LogP contribution in [-0.4, -0.2) is 79.2 Å². The Morgan fingerprint density at radius 3 is 2.38 bits per heavy atom. The highest BCUT2D eigenvalue weighted by Crippen LogP contribution is 2.39. The fraction of sp³-hybridized carbons (Fsp3) is 0.500. The Hall–Kier alpha value is -2.05. The maximum atomic E-state index is 12.1. The fourth-order valence-corrected chi connectivity index (χ4v) is 3.28. The zero-order chi connectivity index (χ0) is 21.8. The van der Waals surface area contributed by atoms with Gasteiger partial charge in [-0.2, -0.15) is 0 Å². The molecule has 0 aromatic heterocycles. The van der Waals surface area contributed by atoms with Crippen LogP contribution in [-0.2, 0) is 25.3 Å². The summed E-state index contributed by atoms with van der Waals surface area (Å²) in [5.41, 5.74) is 0.228. The van der Waals surface area contributed by atoms with Crippen LogP contribution in [0.15, 0.2) is 24.3 Å². The molecule has 1 aromatic rings. The first-order chi connectivity index (χ1) is 13.5. The molecule has 0 bridgehead atoms. The molecule has 5 atom stereocenters. The van der Waals surface area contributed by atoms with Crippen LogP contribution in [0.2, 0.25) is 0 Å². The number of ether oxygens (including phenoxy) is 1. The summed E-state index contributed by atoms with van der Waals surface area (Å²) in [5, 5.41) is 40.8. The Morgan fingerprint density at radius 2 is 1.76 bits per heavy atom. The third-order valence-corrected chi connectivity index (χ3v) is 4.68. The summed E-state index contributed by atoms with van der Waals surface area (Å²) in [6.07, 6.45) is -8.23. The summed E-state index contributed by atoms with van der Waals surface area (Å²) in [6.45, 7) is -0.0583. The molecule has 13 heteroatoms. The van der Waals surface area contributed by atoms with Gasteiger partial charge in [0.15, 0.2) is 6.10 Å². The van der Waals surface area contributed by atoms with Crippen molar-refractivity contribution in [3.8, 4) is 5.75 Å². The van der Waals surface area contributed by atoms with Gasteiger partial charge in [-0.15, -0.1) is 0 Å². The standard InChI is InChI=1S/C16H22NO11P/c18-11(7-8-3-1-2-4-9(8)28-29(24,25)26)17-6-5-10-12(19)13(20)14(21)15(27-10)16(22)23/h1-4,10,12-15,19-21H,5-7H2,(H,17,18)(H,22,23)(H2,24,25,26)/t10-,12-,13+,14-,15+/m0/s1. The average molecular weight is 435 g/mol. The van der Waals surface area contributed by atoms with E-state index in [1.165, 1.54) is 18.2 Å². The minimum atomic E-state index is -4.80. The Kier molecular flexibility index (Phi) is 7.72. The molecule has 0 spiro atoms. The van der Waals surface area contributed by atoms with E-state index < -0.39 is 50.2 Å². The summed E-state index contributed by atoms with van der Waals surface area (Å²) in [7, 11) is -4.80. The van der Waals surface area contributed by atoms with E-state index in [9.17, 15) is 29.5 Å². The van der Waals surface area contributed by atoms with E-state index in [-0.39, 0.29) is 30.7 Å². The first-order valence-corrected chi connectivity index (χ1v) is 10.0. The van der Waals surface area contributed by atoms with Gasteiger partial charge in [0.05, 0.1) is 12.5 Å². The molecule has 1 fully saturated rings. The summed E-state index contributed by atoms with van der Waals surface area (Å²) < 4.78 is 20.6. The predicted octanol–water partition coefficient (Wildman–Crippen LogP) is -1.86. The molecular formula is C16H22NO11P. The molecule has 0 radical (unpaired) electrons. The molecule has 2 rings (SSSR count). The number of hydrogen-bond donors (Lipinski definition) is 7. The van der Waals surface area contributed by atoms with Gasteiger partial charge in [0, 0.05) is 12.1 Å². The zero-order valence-corrected chi connectivity index (χ0v) is 15.9.